The molecule has 4 aromatic carbocycles. The number of aliphatic hydroxyl groups is 1. The summed E-state index contributed by atoms with van der Waals surface area (Å²) in [6.07, 6.45) is -4.56. The maximum absolute atomic E-state index is 13.7. The minimum Gasteiger partial charge on any atom is -0.489 e. The molecule has 4 aromatic rings. The van der Waals surface area contributed by atoms with Gasteiger partial charge in [0.2, 0.25) is 0 Å². The fraction of sp³-hybridized carbons (Fsp3) is 0.250. The number of benzene rings is 4. The lowest BCUT2D eigenvalue weighted by Gasteiger charge is -2.50. The first-order valence-corrected chi connectivity index (χ1v) is 12.8. The van der Waals surface area contributed by atoms with E-state index >= 15 is 0 Å². The van der Waals surface area contributed by atoms with E-state index in [2.05, 4.69) is 4.90 Å². The normalized spacial score (nSPS) is 14.8. The third kappa shape index (κ3) is 6.26. The van der Waals surface area contributed by atoms with Crippen LogP contribution in [0.2, 0.25) is 0 Å². The van der Waals surface area contributed by atoms with Crippen LogP contribution in [-0.2, 0) is 18.4 Å². The van der Waals surface area contributed by atoms with E-state index < -0.39 is 17.3 Å². The number of alkyl halides is 3. The first-order chi connectivity index (χ1) is 18.3. The highest BCUT2D eigenvalue weighted by atomic mass is 19.4. The van der Waals surface area contributed by atoms with Gasteiger partial charge < -0.3 is 9.84 Å². The monoisotopic (exact) mass is 519 g/mol. The Hall–Kier alpha value is -3.61. The van der Waals surface area contributed by atoms with Crippen LogP contribution < -0.4 is 4.74 Å². The van der Waals surface area contributed by atoms with Crippen LogP contribution in [0.4, 0.5) is 13.2 Å². The zero-order valence-electron chi connectivity index (χ0n) is 21.5. The van der Waals surface area contributed by atoms with Gasteiger partial charge in [-0.3, -0.25) is 4.90 Å². The molecular weight excluding hydrogens is 487 g/mol. The van der Waals surface area contributed by atoms with Gasteiger partial charge in [-0.1, -0.05) is 105 Å². The van der Waals surface area contributed by atoms with Crippen LogP contribution in [-0.4, -0.2) is 23.1 Å². The van der Waals surface area contributed by atoms with Crippen molar-refractivity contribution in [3.8, 4) is 5.75 Å². The molecule has 1 fully saturated rings. The van der Waals surface area contributed by atoms with Gasteiger partial charge in [0.15, 0.2) is 0 Å². The van der Waals surface area contributed by atoms with Crippen molar-refractivity contribution in [2.45, 2.75) is 38.3 Å². The third-order valence-corrected chi connectivity index (χ3v) is 6.54. The summed E-state index contributed by atoms with van der Waals surface area (Å²) in [4.78, 5) is 2.08. The number of hydrogen-bond acceptors (Lipinski definition) is 3. The standard InChI is InChI=1S/C30H26F3NO2.C2H6/c31-30(32,33)26-16-25(17-27(18-26)36-19-22-10-4-1-5-11-22)29(35)20-34(21-29)28(23-12-6-2-7-13-23)24-14-8-3-9-15-24;1-2/h1-18,28,35H,19-21H2;1-2H3. The van der Waals surface area contributed by atoms with Crippen molar-refractivity contribution in [3.63, 3.8) is 0 Å². The molecule has 0 atom stereocenters. The minimum atomic E-state index is -4.56. The quantitative estimate of drug-likeness (QED) is 0.273. The molecule has 0 amide bonds. The van der Waals surface area contributed by atoms with Crippen molar-refractivity contribution in [3.05, 3.63) is 137 Å². The minimum absolute atomic E-state index is 0.0817. The van der Waals surface area contributed by atoms with E-state index in [0.29, 0.717) is 0 Å². The second-order valence-electron chi connectivity index (χ2n) is 9.18. The molecule has 198 valence electrons. The van der Waals surface area contributed by atoms with Gasteiger partial charge in [-0.25, -0.2) is 0 Å². The lowest BCUT2D eigenvalue weighted by molar-refractivity contribution is -0.138. The summed E-state index contributed by atoms with van der Waals surface area (Å²) in [6.45, 7) is 4.53. The smallest absolute Gasteiger partial charge is 0.416 e. The molecular formula is C32H32F3NO2. The zero-order chi connectivity index (χ0) is 27.2. The number of hydrogen-bond donors (Lipinski definition) is 1. The molecule has 5 rings (SSSR count). The Morgan fingerprint density at radius 2 is 1.29 bits per heavy atom. The Morgan fingerprint density at radius 3 is 1.79 bits per heavy atom. The molecule has 1 aliphatic rings. The zero-order valence-corrected chi connectivity index (χ0v) is 21.5. The molecule has 0 aliphatic carbocycles. The molecule has 1 heterocycles. The number of likely N-dealkylation sites (tertiary alicyclic amines) is 1. The highest BCUT2D eigenvalue weighted by Crippen LogP contribution is 2.43. The maximum atomic E-state index is 13.7. The summed E-state index contributed by atoms with van der Waals surface area (Å²) >= 11 is 0. The summed E-state index contributed by atoms with van der Waals surface area (Å²) in [6, 6.07) is 32.5. The fourth-order valence-corrected chi connectivity index (χ4v) is 4.73. The van der Waals surface area contributed by atoms with Crippen LogP contribution in [0.15, 0.2) is 109 Å². The maximum Gasteiger partial charge on any atom is 0.416 e. The molecule has 0 unspecified atom stereocenters. The van der Waals surface area contributed by atoms with Crippen molar-refractivity contribution >= 4 is 0 Å². The van der Waals surface area contributed by atoms with Crippen LogP contribution in [0.3, 0.4) is 0 Å². The van der Waals surface area contributed by atoms with E-state index in [9.17, 15) is 18.3 Å². The van der Waals surface area contributed by atoms with E-state index in [1.165, 1.54) is 6.07 Å². The van der Waals surface area contributed by atoms with E-state index in [1.54, 1.807) is 0 Å². The largest absolute Gasteiger partial charge is 0.489 e. The molecule has 1 N–H and O–H groups in total. The molecule has 38 heavy (non-hydrogen) atoms. The van der Waals surface area contributed by atoms with Crippen LogP contribution in [0.25, 0.3) is 0 Å². The second kappa shape index (κ2) is 11.8. The summed E-state index contributed by atoms with van der Waals surface area (Å²) in [5, 5.41) is 11.4. The lowest BCUT2D eigenvalue weighted by Crippen LogP contribution is -2.60. The van der Waals surface area contributed by atoms with Gasteiger partial charge >= 0.3 is 6.18 Å². The molecule has 0 bridgehead atoms. The predicted molar refractivity (Wildman–Crippen MR) is 144 cm³/mol. The molecule has 0 saturated carbocycles. The Labute approximate surface area is 222 Å². The third-order valence-electron chi connectivity index (χ3n) is 6.54. The van der Waals surface area contributed by atoms with E-state index in [4.69, 9.17) is 4.74 Å². The molecule has 0 spiro atoms. The topological polar surface area (TPSA) is 32.7 Å². The van der Waals surface area contributed by atoms with Crippen molar-refractivity contribution < 1.29 is 23.0 Å². The highest BCUT2D eigenvalue weighted by Gasteiger charge is 2.47. The van der Waals surface area contributed by atoms with Crippen LogP contribution in [0.5, 0.6) is 5.75 Å². The van der Waals surface area contributed by atoms with Crippen molar-refractivity contribution in [2.75, 3.05) is 13.1 Å². The number of nitrogens with zero attached hydrogens (tertiary/aromatic N) is 1. The molecule has 0 aromatic heterocycles. The Balaban J connectivity index is 0.00000164. The fourth-order valence-electron chi connectivity index (χ4n) is 4.73. The van der Waals surface area contributed by atoms with Gasteiger partial charge in [-0.2, -0.15) is 13.2 Å². The van der Waals surface area contributed by atoms with Gasteiger partial charge in [0, 0.05) is 13.1 Å². The van der Waals surface area contributed by atoms with Gasteiger partial charge in [-0.15, -0.1) is 0 Å². The first kappa shape index (κ1) is 27.4. The Morgan fingerprint density at radius 1 is 0.789 bits per heavy atom. The van der Waals surface area contributed by atoms with Gasteiger partial charge in [0.1, 0.15) is 18.0 Å². The summed E-state index contributed by atoms with van der Waals surface area (Å²) in [7, 11) is 0. The van der Waals surface area contributed by atoms with Gasteiger partial charge in [-0.05, 0) is 40.5 Å². The molecule has 6 heteroatoms. The number of β-amino-alcohol motifs (C(OH)–C–C–N with tert-alkyl or cyclic N) is 1. The van der Waals surface area contributed by atoms with Gasteiger partial charge in [0.25, 0.3) is 0 Å². The average molecular weight is 520 g/mol. The Bertz CT molecular complexity index is 1250. The lowest BCUT2D eigenvalue weighted by atomic mass is 9.82. The Kier molecular flexibility index (Phi) is 8.55. The van der Waals surface area contributed by atoms with Crippen LogP contribution in [0.1, 0.15) is 47.7 Å². The molecule has 1 aliphatic heterocycles. The molecule has 3 nitrogen and oxygen atoms in total. The predicted octanol–water partition coefficient (Wildman–Crippen LogP) is 7.60. The van der Waals surface area contributed by atoms with E-state index in [-0.39, 0.29) is 37.1 Å². The summed E-state index contributed by atoms with van der Waals surface area (Å²) in [5.74, 6) is 0.0817. The first-order valence-electron chi connectivity index (χ1n) is 12.8. The second-order valence-corrected chi connectivity index (χ2v) is 9.18. The van der Waals surface area contributed by atoms with Gasteiger partial charge in [0.05, 0.1) is 11.6 Å². The van der Waals surface area contributed by atoms with Crippen molar-refractivity contribution in [1.29, 1.82) is 0 Å². The number of halogens is 3. The summed E-state index contributed by atoms with van der Waals surface area (Å²) < 4.78 is 46.9. The number of ether oxygens (including phenoxy) is 1. The van der Waals surface area contributed by atoms with Crippen molar-refractivity contribution in [1.82, 2.24) is 4.90 Å². The number of rotatable bonds is 7. The van der Waals surface area contributed by atoms with E-state index in [1.807, 2.05) is 105 Å². The van der Waals surface area contributed by atoms with Crippen LogP contribution in [0, 0.1) is 0 Å². The summed E-state index contributed by atoms with van der Waals surface area (Å²) in [5.41, 5.74) is 0.907. The molecule has 1 saturated heterocycles. The average Bonchev–Trinajstić information content (AvgIpc) is 2.93. The highest BCUT2D eigenvalue weighted by molar-refractivity contribution is 5.42. The van der Waals surface area contributed by atoms with Crippen LogP contribution >= 0.6 is 0 Å². The molecule has 0 radical (unpaired) electrons. The SMILES string of the molecule is CC.OC1(c2cc(OCc3ccccc3)cc(C(F)(F)F)c2)CN(C(c2ccccc2)c2ccccc2)C1. The van der Waals surface area contributed by atoms with E-state index in [0.717, 1.165) is 28.8 Å². The van der Waals surface area contributed by atoms with Crippen molar-refractivity contribution in [2.24, 2.45) is 0 Å².